The van der Waals surface area contributed by atoms with Crippen LogP contribution in [0.25, 0.3) is 22.2 Å². The molecular formula is C21H20ClNO2. The highest BCUT2D eigenvalue weighted by molar-refractivity contribution is 6.32. The van der Waals surface area contributed by atoms with Gasteiger partial charge in [-0.3, -0.25) is 0 Å². The van der Waals surface area contributed by atoms with Gasteiger partial charge in [0.25, 0.3) is 0 Å². The lowest BCUT2D eigenvalue weighted by Gasteiger charge is -2.12. The second kappa shape index (κ2) is 6.85. The van der Waals surface area contributed by atoms with E-state index in [0.29, 0.717) is 27.5 Å². The van der Waals surface area contributed by atoms with E-state index >= 15 is 0 Å². The number of nitrogens with zero attached hydrogens (tertiary/aromatic N) is 1. The van der Waals surface area contributed by atoms with Crippen molar-refractivity contribution in [2.45, 2.75) is 33.1 Å². The molecule has 1 unspecified atom stereocenters. The van der Waals surface area contributed by atoms with Crippen molar-refractivity contribution in [3.8, 4) is 11.3 Å². The number of benzene rings is 2. The molecule has 25 heavy (non-hydrogen) atoms. The summed E-state index contributed by atoms with van der Waals surface area (Å²) in [6.45, 7) is 6.21. The van der Waals surface area contributed by atoms with Crippen LogP contribution in [0.1, 0.15) is 47.7 Å². The van der Waals surface area contributed by atoms with Crippen molar-refractivity contribution in [3.05, 3.63) is 64.2 Å². The van der Waals surface area contributed by atoms with Gasteiger partial charge in [0.15, 0.2) is 0 Å². The Hall–Kier alpha value is -2.39. The normalized spacial score (nSPS) is 12.3. The number of aryl methyl sites for hydroxylation is 1. The quantitative estimate of drug-likeness (QED) is 0.618. The smallest absolute Gasteiger partial charge is 0.336 e. The van der Waals surface area contributed by atoms with Gasteiger partial charge in [-0.25, -0.2) is 9.78 Å². The molecule has 0 aliphatic carbocycles. The minimum Gasteiger partial charge on any atom is -0.478 e. The Kier molecular flexibility index (Phi) is 4.78. The van der Waals surface area contributed by atoms with Gasteiger partial charge < -0.3 is 5.11 Å². The molecule has 4 heteroatoms. The SMILES string of the molecule is CCC(C)c1ccc(-c2cc(C(=O)O)c3ccc(Cl)c(C)c3n2)cc1. The fourth-order valence-electron chi connectivity index (χ4n) is 2.95. The van der Waals surface area contributed by atoms with Crippen LogP contribution < -0.4 is 0 Å². The van der Waals surface area contributed by atoms with Crippen LogP contribution in [0.4, 0.5) is 0 Å². The average Bonchev–Trinajstić information content (AvgIpc) is 2.63. The van der Waals surface area contributed by atoms with Gasteiger partial charge in [-0.15, -0.1) is 0 Å². The van der Waals surface area contributed by atoms with E-state index in [1.807, 2.05) is 19.1 Å². The van der Waals surface area contributed by atoms with Crippen molar-refractivity contribution in [3.63, 3.8) is 0 Å². The van der Waals surface area contributed by atoms with Gasteiger partial charge in [0.05, 0.1) is 16.8 Å². The van der Waals surface area contributed by atoms with E-state index in [2.05, 4.69) is 26.0 Å². The molecule has 0 spiro atoms. The first kappa shape index (κ1) is 17.4. The molecule has 1 heterocycles. The van der Waals surface area contributed by atoms with E-state index in [1.54, 1.807) is 18.2 Å². The van der Waals surface area contributed by atoms with Crippen molar-refractivity contribution in [2.75, 3.05) is 0 Å². The van der Waals surface area contributed by atoms with Crippen LogP contribution in [-0.4, -0.2) is 16.1 Å². The van der Waals surface area contributed by atoms with Gasteiger partial charge in [-0.05, 0) is 42.5 Å². The fraction of sp³-hybridized carbons (Fsp3) is 0.238. The molecule has 0 radical (unpaired) electrons. The molecule has 0 fully saturated rings. The van der Waals surface area contributed by atoms with Crippen molar-refractivity contribution < 1.29 is 9.90 Å². The standard InChI is InChI=1S/C21H20ClNO2/c1-4-12(2)14-5-7-15(8-6-14)19-11-17(21(24)25)16-9-10-18(22)13(3)20(16)23-19/h5-12H,4H2,1-3H3,(H,24,25). The molecule has 0 aliphatic rings. The van der Waals surface area contributed by atoms with Crippen molar-refractivity contribution >= 4 is 28.5 Å². The van der Waals surface area contributed by atoms with E-state index in [-0.39, 0.29) is 5.56 Å². The van der Waals surface area contributed by atoms with Gasteiger partial charge in [0, 0.05) is 16.0 Å². The summed E-state index contributed by atoms with van der Waals surface area (Å²) in [6, 6.07) is 13.2. The van der Waals surface area contributed by atoms with Crippen molar-refractivity contribution in [1.82, 2.24) is 4.98 Å². The van der Waals surface area contributed by atoms with Crippen LogP contribution >= 0.6 is 11.6 Å². The summed E-state index contributed by atoms with van der Waals surface area (Å²) in [5.74, 6) is -0.471. The number of halogens is 1. The molecule has 1 N–H and O–H groups in total. The predicted octanol–water partition coefficient (Wildman–Crippen LogP) is 6.08. The number of carboxylic acid groups (broad SMARTS) is 1. The largest absolute Gasteiger partial charge is 0.478 e. The van der Waals surface area contributed by atoms with E-state index < -0.39 is 5.97 Å². The average molecular weight is 354 g/mol. The molecule has 0 bridgehead atoms. The zero-order valence-electron chi connectivity index (χ0n) is 14.5. The van der Waals surface area contributed by atoms with Gasteiger partial charge in [-0.2, -0.15) is 0 Å². The first-order valence-corrected chi connectivity index (χ1v) is 8.73. The van der Waals surface area contributed by atoms with E-state index in [1.165, 1.54) is 5.56 Å². The van der Waals surface area contributed by atoms with Crippen LogP contribution in [0.5, 0.6) is 0 Å². The molecular weight excluding hydrogens is 334 g/mol. The predicted molar refractivity (Wildman–Crippen MR) is 103 cm³/mol. The maximum absolute atomic E-state index is 11.7. The lowest BCUT2D eigenvalue weighted by Crippen LogP contribution is -2.01. The number of hydrogen-bond donors (Lipinski definition) is 1. The number of carbonyl (C=O) groups is 1. The second-order valence-electron chi connectivity index (χ2n) is 6.36. The summed E-state index contributed by atoms with van der Waals surface area (Å²) in [6.07, 6.45) is 1.08. The number of aromatic carboxylic acids is 1. The third kappa shape index (κ3) is 3.24. The highest BCUT2D eigenvalue weighted by atomic mass is 35.5. The number of aromatic nitrogens is 1. The molecule has 0 amide bonds. The third-order valence-corrected chi connectivity index (χ3v) is 5.20. The molecule has 1 atom stereocenters. The summed E-state index contributed by atoms with van der Waals surface area (Å²) < 4.78 is 0. The lowest BCUT2D eigenvalue weighted by atomic mass is 9.96. The maximum Gasteiger partial charge on any atom is 0.336 e. The molecule has 128 valence electrons. The minimum absolute atomic E-state index is 0.241. The zero-order chi connectivity index (χ0) is 18.1. The maximum atomic E-state index is 11.7. The van der Waals surface area contributed by atoms with Crippen molar-refractivity contribution in [1.29, 1.82) is 0 Å². The first-order valence-electron chi connectivity index (χ1n) is 8.35. The van der Waals surface area contributed by atoms with Crippen LogP contribution in [0.15, 0.2) is 42.5 Å². The van der Waals surface area contributed by atoms with Crippen LogP contribution in [0.2, 0.25) is 5.02 Å². The highest BCUT2D eigenvalue weighted by Gasteiger charge is 2.15. The summed E-state index contributed by atoms with van der Waals surface area (Å²) in [7, 11) is 0. The zero-order valence-corrected chi connectivity index (χ0v) is 15.3. The van der Waals surface area contributed by atoms with E-state index in [9.17, 15) is 9.90 Å². The highest BCUT2D eigenvalue weighted by Crippen LogP contribution is 2.31. The molecule has 3 aromatic rings. The molecule has 1 aromatic heterocycles. The third-order valence-electron chi connectivity index (χ3n) is 4.79. The Balaban J connectivity index is 2.19. The molecule has 3 nitrogen and oxygen atoms in total. The van der Waals surface area contributed by atoms with Gasteiger partial charge in [0.1, 0.15) is 0 Å². The number of rotatable bonds is 4. The topological polar surface area (TPSA) is 50.2 Å². The Morgan fingerprint density at radius 2 is 1.88 bits per heavy atom. The Morgan fingerprint density at radius 3 is 2.48 bits per heavy atom. The monoisotopic (exact) mass is 353 g/mol. The number of carboxylic acids is 1. The Morgan fingerprint density at radius 1 is 1.20 bits per heavy atom. The van der Waals surface area contributed by atoms with Crippen LogP contribution in [-0.2, 0) is 0 Å². The first-order chi connectivity index (χ1) is 11.9. The van der Waals surface area contributed by atoms with Gasteiger partial charge >= 0.3 is 5.97 Å². The Labute approximate surface area is 152 Å². The summed E-state index contributed by atoms with van der Waals surface area (Å²) in [4.78, 5) is 16.4. The minimum atomic E-state index is -0.966. The molecule has 0 aliphatic heterocycles. The van der Waals surface area contributed by atoms with Gasteiger partial charge in [-0.1, -0.05) is 55.8 Å². The van der Waals surface area contributed by atoms with Crippen molar-refractivity contribution in [2.24, 2.45) is 0 Å². The van der Waals surface area contributed by atoms with Gasteiger partial charge in [0.2, 0.25) is 0 Å². The molecule has 0 saturated carbocycles. The van der Waals surface area contributed by atoms with E-state index in [4.69, 9.17) is 16.6 Å². The summed E-state index contributed by atoms with van der Waals surface area (Å²) in [5, 5.41) is 10.8. The molecule has 0 saturated heterocycles. The van der Waals surface area contributed by atoms with Crippen LogP contribution in [0.3, 0.4) is 0 Å². The molecule has 3 rings (SSSR count). The fourth-order valence-corrected chi connectivity index (χ4v) is 3.10. The number of hydrogen-bond acceptors (Lipinski definition) is 2. The summed E-state index contributed by atoms with van der Waals surface area (Å²) >= 11 is 6.20. The number of pyridine rings is 1. The Bertz CT molecular complexity index is 948. The molecule has 2 aromatic carbocycles. The lowest BCUT2D eigenvalue weighted by molar-refractivity contribution is 0.0699. The summed E-state index contributed by atoms with van der Waals surface area (Å²) in [5.41, 5.74) is 4.48. The van der Waals surface area contributed by atoms with E-state index in [0.717, 1.165) is 17.5 Å². The van der Waals surface area contributed by atoms with Crippen LogP contribution in [0, 0.1) is 6.92 Å². The second-order valence-corrected chi connectivity index (χ2v) is 6.77. The number of fused-ring (bicyclic) bond motifs is 1.